The van der Waals surface area contributed by atoms with Crippen molar-refractivity contribution < 1.29 is 4.74 Å². The lowest BCUT2D eigenvalue weighted by Gasteiger charge is -2.08. The Morgan fingerprint density at radius 3 is 2.39 bits per heavy atom. The maximum Gasteiger partial charge on any atom is 0.225 e. The summed E-state index contributed by atoms with van der Waals surface area (Å²) in [4.78, 5) is 11.9. The Kier molecular flexibility index (Phi) is 3.69. The van der Waals surface area contributed by atoms with Gasteiger partial charge in [-0.2, -0.15) is 15.0 Å². The van der Waals surface area contributed by atoms with Crippen molar-refractivity contribution in [2.45, 2.75) is 13.5 Å². The Morgan fingerprint density at radius 1 is 1.06 bits per heavy atom. The van der Waals surface area contributed by atoms with Gasteiger partial charge in [-0.15, -0.1) is 0 Å². The van der Waals surface area contributed by atoms with Gasteiger partial charge in [-0.25, -0.2) is 0 Å². The molecule has 18 heavy (non-hydrogen) atoms. The molecule has 0 radical (unpaired) electrons. The summed E-state index contributed by atoms with van der Waals surface area (Å²) in [6.07, 6.45) is 0. The average Bonchev–Trinajstić information content (AvgIpc) is 2.35. The third-order valence-corrected chi connectivity index (χ3v) is 2.39. The monoisotopic (exact) mass is 245 g/mol. The van der Waals surface area contributed by atoms with E-state index in [0.717, 1.165) is 11.1 Å². The SMILES string of the molecule is CCOCc1ccccc1-c1nc(N)nc(N)n1. The molecule has 0 unspecified atom stereocenters. The molecule has 0 saturated carbocycles. The predicted molar refractivity (Wildman–Crippen MR) is 69.4 cm³/mol. The molecule has 0 aliphatic carbocycles. The molecular formula is C12H15N5O. The van der Waals surface area contributed by atoms with Crippen LogP contribution in [0, 0.1) is 0 Å². The van der Waals surface area contributed by atoms with Crippen LogP contribution in [0.1, 0.15) is 12.5 Å². The molecule has 0 spiro atoms. The van der Waals surface area contributed by atoms with Crippen LogP contribution in [0.15, 0.2) is 24.3 Å². The van der Waals surface area contributed by atoms with Crippen LogP contribution in [0.3, 0.4) is 0 Å². The van der Waals surface area contributed by atoms with Gasteiger partial charge >= 0.3 is 0 Å². The second kappa shape index (κ2) is 5.42. The third kappa shape index (κ3) is 2.72. The fourth-order valence-corrected chi connectivity index (χ4v) is 1.61. The van der Waals surface area contributed by atoms with Crippen molar-refractivity contribution in [1.29, 1.82) is 0 Å². The largest absolute Gasteiger partial charge is 0.377 e. The molecule has 0 amide bonds. The zero-order valence-corrected chi connectivity index (χ0v) is 10.1. The Morgan fingerprint density at radius 2 is 1.72 bits per heavy atom. The summed E-state index contributed by atoms with van der Waals surface area (Å²) in [5, 5.41) is 0. The van der Waals surface area contributed by atoms with Gasteiger partial charge < -0.3 is 16.2 Å². The van der Waals surface area contributed by atoms with Crippen LogP contribution in [0.4, 0.5) is 11.9 Å². The molecule has 94 valence electrons. The summed E-state index contributed by atoms with van der Waals surface area (Å²) >= 11 is 0. The predicted octanol–water partition coefficient (Wildman–Crippen LogP) is 1.24. The molecule has 0 aliphatic heterocycles. The minimum Gasteiger partial charge on any atom is -0.377 e. The average molecular weight is 245 g/mol. The van der Waals surface area contributed by atoms with Gasteiger partial charge in [-0.1, -0.05) is 24.3 Å². The summed E-state index contributed by atoms with van der Waals surface area (Å²) in [6.45, 7) is 3.09. The van der Waals surface area contributed by atoms with E-state index < -0.39 is 0 Å². The van der Waals surface area contributed by atoms with Crippen molar-refractivity contribution in [2.24, 2.45) is 0 Å². The second-order valence-corrected chi connectivity index (χ2v) is 3.67. The van der Waals surface area contributed by atoms with E-state index in [1.165, 1.54) is 0 Å². The number of nitrogen functional groups attached to an aromatic ring is 2. The first-order chi connectivity index (χ1) is 8.70. The van der Waals surface area contributed by atoms with Crippen molar-refractivity contribution in [1.82, 2.24) is 15.0 Å². The number of rotatable bonds is 4. The Bertz CT molecular complexity index is 523. The van der Waals surface area contributed by atoms with Crippen molar-refractivity contribution >= 4 is 11.9 Å². The summed E-state index contributed by atoms with van der Waals surface area (Å²) in [7, 11) is 0. The molecule has 0 aliphatic rings. The van der Waals surface area contributed by atoms with Crippen molar-refractivity contribution in [2.75, 3.05) is 18.1 Å². The molecule has 0 fully saturated rings. The molecule has 6 heteroatoms. The quantitative estimate of drug-likeness (QED) is 0.840. The van der Waals surface area contributed by atoms with E-state index in [4.69, 9.17) is 16.2 Å². The van der Waals surface area contributed by atoms with E-state index in [-0.39, 0.29) is 11.9 Å². The van der Waals surface area contributed by atoms with Gasteiger partial charge in [-0.05, 0) is 12.5 Å². The topological polar surface area (TPSA) is 99.9 Å². The maximum absolute atomic E-state index is 5.57. The van der Waals surface area contributed by atoms with Gasteiger partial charge in [0.25, 0.3) is 0 Å². The van der Waals surface area contributed by atoms with E-state index >= 15 is 0 Å². The van der Waals surface area contributed by atoms with Crippen LogP contribution < -0.4 is 11.5 Å². The number of hydrogen-bond donors (Lipinski definition) is 2. The van der Waals surface area contributed by atoms with E-state index in [9.17, 15) is 0 Å². The highest BCUT2D eigenvalue weighted by atomic mass is 16.5. The Labute approximate surface area is 105 Å². The number of nitrogens with zero attached hydrogens (tertiary/aromatic N) is 3. The maximum atomic E-state index is 5.57. The van der Waals surface area contributed by atoms with E-state index in [2.05, 4.69) is 15.0 Å². The highest BCUT2D eigenvalue weighted by Gasteiger charge is 2.09. The molecule has 0 saturated heterocycles. The van der Waals surface area contributed by atoms with E-state index in [1.54, 1.807) is 0 Å². The summed E-state index contributed by atoms with van der Waals surface area (Å²) in [6, 6.07) is 7.70. The minimum absolute atomic E-state index is 0.115. The number of aromatic nitrogens is 3. The highest BCUT2D eigenvalue weighted by molar-refractivity contribution is 5.61. The smallest absolute Gasteiger partial charge is 0.225 e. The first kappa shape index (κ1) is 12.3. The first-order valence-corrected chi connectivity index (χ1v) is 5.63. The lowest BCUT2D eigenvalue weighted by Crippen LogP contribution is -2.05. The molecule has 6 nitrogen and oxygen atoms in total. The second-order valence-electron chi connectivity index (χ2n) is 3.67. The zero-order valence-electron chi connectivity index (χ0n) is 10.1. The Balaban J connectivity index is 2.42. The van der Waals surface area contributed by atoms with Crippen LogP contribution in [-0.2, 0) is 11.3 Å². The lowest BCUT2D eigenvalue weighted by atomic mass is 10.1. The van der Waals surface area contributed by atoms with Crippen LogP contribution in [-0.4, -0.2) is 21.6 Å². The third-order valence-electron chi connectivity index (χ3n) is 2.39. The molecule has 2 aromatic rings. The molecule has 0 bridgehead atoms. The van der Waals surface area contributed by atoms with Crippen LogP contribution in [0.25, 0.3) is 11.4 Å². The van der Waals surface area contributed by atoms with Crippen molar-refractivity contribution in [3.05, 3.63) is 29.8 Å². The minimum atomic E-state index is 0.115. The fourth-order valence-electron chi connectivity index (χ4n) is 1.61. The summed E-state index contributed by atoms with van der Waals surface area (Å²) < 4.78 is 5.41. The first-order valence-electron chi connectivity index (χ1n) is 5.63. The Hall–Kier alpha value is -2.21. The number of anilines is 2. The van der Waals surface area contributed by atoms with E-state index in [0.29, 0.717) is 19.0 Å². The number of ether oxygens (including phenoxy) is 1. The summed E-state index contributed by atoms with van der Waals surface area (Å²) in [5.41, 5.74) is 13.0. The van der Waals surface area contributed by atoms with Crippen LogP contribution in [0.2, 0.25) is 0 Å². The molecule has 1 aromatic heterocycles. The van der Waals surface area contributed by atoms with Gasteiger partial charge in [-0.3, -0.25) is 0 Å². The van der Waals surface area contributed by atoms with E-state index in [1.807, 2.05) is 31.2 Å². The number of benzene rings is 1. The molecule has 4 N–H and O–H groups in total. The van der Waals surface area contributed by atoms with Gasteiger partial charge in [0.2, 0.25) is 11.9 Å². The number of nitrogens with two attached hydrogens (primary N) is 2. The fraction of sp³-hybridized carbons (Fsp3) is 0.250. The molecule has 0 atom stereocenters. The van der Waals surface area contributed by atoms with Gasteiger partial charge in [0.05, 0.1) is 6.61 Å². The lowest BCUT2D eigenvalue weighted by molar-refractivity contribution is 0.134. The normalized spacial score (nSPS) is 10.5. The highest BCUT2D eigenvalue weighted by Crippen LogP contribution is 2.21. The van der Waals surface area contributed by atoms with Gasteiger partial charge in [0.1, 0.15) is 0 Å². The van der Waals surface area contributed by atoms with Crippen molar-refractivity contribution in [3.8, 4) is 11.4 Å². The van der Waals surface area contributed by atoms with Gasteiger partial charge in [0, 0.05) is 12.2 Å². The van der Waals surface area contributed by atoms with Gasteiger partial charge in [0.15, 0.2) is 5.82 Å². The molecular weight excluding hydrogens is 230 g/mol. The standard InChI is InChI=1S/C12H15N5O/c1-2-18-7-8-5-3-4-6-9(8)10-15-11(13)17-12(14)16-10/h3-6H,2,7H2,1H3,(H4,13,14,15,16,17). The summed E-state index contributed by atoms with van der Waals surface area (Å²) in [5.74, 6) is 0.697. The molecule has 1 aromatic carbocycles. The zero-order chi connectivity index (χ0) is 13.0. The van der Waals surface area contributed by atoms with Crippen LogP contribution in [0.5, 0.6) is 0 Å². The molecule has 1 heterocycles. The van der Waals surface area contributed by atoms with Crippen LogP contribution >= 0.6 is 0 Å². The molecule has 2 rings (SSSR count). The van der Waals surface area contributed by atoms with Crippen molar-refractivity contribution in [3.63, 3.8) is 0 Å². The number of hydrogen-bond acceptors (Lipinski definition) is 6.